The molecule has 2 aromatic heterocycles. The molecule has 5 nitrogen and oxygen atoms in total. The minimum atomic E-state index is -0.0689. The number of amides is 2. The van der Waals surface area contributed by atoms with Crippen LogP contribution in [-0.4, -0.2) is 47.8 Å². The summed E-state index contributed by atoms with van der Waals surface area (Å²) in [6.45, 7) is 4.72. The van der Waals surface area contributed by atoms with E-state index in [1.807, 2.05) is 46.7 Å². The predicted octanol–water partition coefficient (Wildman–Crippen LogP) is 3.70. The van der Waals surface area contributed by atoms with Crippen molar-refractivity contribution in [2.24, 2.45) is 0 Å². The van der Waals surface area contributed by atoms with Crippen molar-refractivity contribution in [3.05, 3.63) is 80.2 Å². The first-order valence-corrected chi connectivity index (χ1v) is 11.4. The van der Waals surface area contributed by atoms with E-state index in [0.29, 0.717) is 17.0 Å². The Morgan fingerprint density at radius 3 is 2.28 bits per heavy atom. The summed E-state index contributed by atoms with van der Waals surface area (Å²) in [6.07, 6.45) is 0. The molecule has 0 bridgehead atoms. The van der Waals surface area contributed by atoms with Gasteiger partial charge in [0.25, 0.3) is 11.8 Å². The van der Waals surface area contributed by atoms with Gasteiger partial charge in [-0.2, -0.15) is 0 Å². The van der Waals surface area contributed by atoms with Crippen LogP contribution in [0.5, 0.6) is 0 Å². The zero-order valence-corrected chi connectivity index (χ0v) is 17.7. The minimum absolute atomic E-state index is 0.0689. The van der Waals surface area contributed by atoms with Crippen LogP contribution in [0.1, 0.15) is 30.5 Å². The number of nitrogens with one attached hydrogen (secondary N) is 1. The SMILES string of the molecule is O=C(NCc1ccc(C(=O)N2CCN(Cc3cccs3)CC2)cc1)c1cccs1. The summed E-state index contributed by atoms with van der Waals surface area (Å²) >= 11 is 3.20. The van der Waals surface area contributed by atoms with Crippen LogP contribution in [0.25, 0.3) is 0 Å². The first-order valence-electron chi connectivity index (χ1n) is 9.64. The van der Waals surface area contributed by atoms with Crippen molar-refractivity contribution in [3.8, 4) is 0 Å². The van der Waals surface area contributed by atoms with E-state index in [-0.39, 0.29) is 11.8 Å². The lowest BCUT2D eigenvalue weighted by molar-refractivity contribution is 0.0629. The molecule has 1 aliphatic rings. The van der Waals surface area contributed by atoms with Gasteiger partial charge < -0.3 is 10.2 Å². The number of hydrogen-bond donors (Lipinski definition) is 1. The highest BCUT2D eigenvalue weighted by atomic mass is 32.1. The maximum absolute atomic E-state index is 12.8. The highest BCUT2D eigenvalue weighted by molar-refractivity contribution is 7.12. The van der Waals surface area contributed by atoms with Crippen LogP contribution < -0.4 is 5.32 Å². The van der Waals surface area contributed by atoms with Crippen molar-refractivity contribution in [2.75, 3.05) is 26.2 Å². The number of carbonyl (C=O) groups excluding carboxylic acids is 2. The monoisotopic (exact) mass is 425 g/mol. The molecule has 29 heavy (non-hydrogen) atoms. The highest BCUT2D eigenvalue weighted by Crippen LogP contribution is 2.15. The first-order chi connectivity index (χ1) is 14.2. The van der Waals surface area contributed by atoms with Gasteiger partial charge in [-0.05, 0) is 40.6 Å². The molecular weight excluding hydrogens is 402 g/mol. The van der Waals surface area contributed by atoms with Gasteiger partial charge in [0.2, 0.25) is 0 Å². The normalized spacial score (nSPS) is 14.7. The Hall–Kier alpha value is -2.48. The minimum Gasteiger partial charge on any atom is -0.347 e. The first kappa shape index (κ1) is 19.8. The van der Waals surface area contributed by atoms with Crippen molar-refractivity contribution in [2.45, 2.75) is 13.1 Å². The highest BCUT2D eigenvalue weighted by Gasteiger charge is 2.22. The van der Waals surface area contributed by atoms with Crippen LogP contribution in [0, 0.1) is 0 Å². The predicted molar refractivity (Wildman–Crippen MR) is 117 cm³/mol. The third-order valence-corrected chi connectivity index (χ3v) is 6.75. The second kappa shape index (κ2) is 9.35. The third kappa shape index (κ3) is 5.12. The summed E-state index contributed by atoms with van der Waals surface area (Å²) in [5.41, 5.74) is 1.68. The van der Waals surface area contributed by atoms with Gasteiger partial charge in [0.05, 0.1) is 4.88 Å². The van der Waals surface area contributed by atoms with E-state index in [0.717, 1.165) is 38.3 Å². The summed E-state index contributed by atoms with van der Waals surface area (Å²) in [5.74, 6) is 0.00974. The topological polar surface area (TPSA) is 52.7 Å². The van der Waals surface area contributed by atoms with Gasteiger partial charge in [0.15, 0.2) is 0 Å². The summed E-state index contributed by atoms with van der Waals surface area (Å²) in [7, 11) is 0. The van der Waals surface area contributed by atoms with Crippen LogP contribution in [-0.2, 0) is 13.1 Å². The van der Waals surface area contributed by atoms with Gasteiger partial charge >= 0.3 is 0 Å². The number of carbonyl (C=O) groups is 2. The molecule has 0 atom stereocenters. The van der Waals surface area contributed by atoms with Gasteiger partial charge in [0.1, 0.15) is 0 Å². The number of nitrogens with zero attached hydrogens (tertiary/aromatic N) is 2. The molecule has 150 valence electrons. The molecule has 7 heteroatoms. The average Bonchev–Trinajstić information content (AvgIpc) is 3.47. The molecule has 1 aliphatic heterocycles. The number of piperazine rings is 1. The smallest absolute Gasteiger partial charge is 0.261 e. The van der Waals surface area contributed by atoms with Crippen molar-refractivity contribution in [1.29, 1.82) is 0 Å². The Kier molecular flexibility index (Phi) is 6.39. The maximum atomic E-state index is 12.8. The molecule has 0 radical (unpaired) electrons. The molecule has 0 spiro atoms. The molecule has 4 rings (SSSR count). The third-order valence-electron chi connectivity index (χ3n) is 5.02. The van der Waals surface area contributed by atoms with Crippen LogP contribution >= 0.6 is 22.7 Å². The lowest BCUT2D eigenvalue weighted by Crippen LogP contribution is -2.48. The van der Waals surface area contributed by atoms with Gasteiger partial charge in [-0.25, -0.2) is 0 Å². The fraction of sp³-hybridized carbons (Fsp3) is 0.273. The molecule has 3 aromatic rings. The second-order valence-electron chi connectivity index (χ2n) is 7.00. The zero-order valence-electron chi connectivity index (χ0n) is 16.0. The Bertz CT molecular complexity index is 929. The molecule has 1 fully saturated rings. The molecule has 0 unspecified atom stereocenters. The Morgan fingerprint density at radius 1 is 0.897 bits per heavy atom. The van der Waals surface area contributed by atoms with E-state index in [2.05, 4.69) is 27.7 Å². The van der Waals surface area contributed by atoms with E-state index >= 15 is 0 Å². The summed E-state index contributed by atoms with van der Waals surface area (Å²) in [5, 5.41) is 6.90. The van der Waals surface area contributed by atoms with E-state index in [4.69, 9.17) is 0 Å². The number of thiophene rings is 2. The standard InChI is InChI=1S/C22H23N3O2S2/c26-21(20-4-2-14-29-20)23-15-17-5-7-18(8-6-17)22(27)25-11-9-24(10-12-25)16-19-3-1-13-28-19/h1-8,13-14H,9-12,15-16H2,(H,23,26). The van der Waals surface area contributed by atoms with Crippen LogP contribution in [0.2, 0.25) is 0 Å². The van der Waals surface area contributed by atoms with Gasteiger partial charge in [-0.3, -0.25) is 14.5 Å². The molecule has 1 saturated heterocycles. The molecular formula is C22H23N3O2S2. The molecule has 2 amide bonds. The zero-order chi connectivity index (χ0) is 20.1. The quantitative estimate of drug-likeness (QED) is 0.655. The number of rotatable bonds is 6. The van der Waals surface area contributed by atoms with Crippen molar-refractivity contribution in [3.63, 3.8) is 0 Å². The average molecular weight is 426 g/mol. The summed E-state index contributed by atoms with van der Waals surface area (Å²) < 4.78 is 0. The van der Waals surface area contributed by atoms with E-state index in [9.17, 15) is 9.59 Å². The van der Waals surface area contributed by atoms with Crippen LogP contribution in [0.4, 0.5) is 0 Å². The van der Waals surface area contributed by atoms with E-state index in [1.54, 1.807) is 11.3 Å². The lowest BCUT2D eigenvalue weighted by atomic mass is 10.1. The number of hydrogen-bond acceptors (Lipinski definition) is 5. The van der Waals surface area contributed by atoms with Crippen molar-refractivity contribution in [1.82, 2.24) is 15.1 Å². The number of benzene rings is 1. The van der Waals surface area contributed by atoms with Gasteiger partial charge in [-0.1, -0.05) is 24.3 Å². The molecule has 0 saturated carbocycles. The van der Waals surface area contributed by atoms with Gasteiger partial charge in [0, 0.05) is 49.7 Å². The van der Waals surface area contributed by atoms with Crippen LogP contribution in [0.3, 0.4) is 0 Å². The Labute approximate surface area is 178 Å². The molecule has 3 heterocycles. The Morgan fingerprint density at radius 2 is 1.62 bits per heavy atom. The van der Waals surface area contributed by atoms with Crippen LogP contribution in [0.15, 0.2) is 59.3 Å². The Balaban J connectivity index is 1.26. The largest absolute Gasteiger partial charge is 0.347 e. The molecule has 0 aliphatic carbocycles. The summed E-state index contributed by atoms with van der Waals surface area (Å²) in [6, 6.07) is 15.4. The van der Waals surface area contributed by atoms with E-state index in [1.165, 1.54) is 16.2 Å². The van der Waals surface area contributed by atoms with Gasteiger partial charge in [-0.15, -0.1) is 22.7 Å². The lowest BCUT2D eigenvalue weighted by Gasteiger charge is -2.34. The molecule has 1 aromatic carbocycles. The molecule has 1 N–H and O–H groups in total. The van der Waals surface area contributed by atoms with Crippen molar-refractivity contribution >= 4 is 34.5 Å². The fourth-order valence-corrected chi connectivity index (χ4v) is 4.74. The maximum Gasteiger partial charge on any atom is 0.261 e. The van der Waals surface area contributed by atoms with Crippen molar-refractivity contribution < 1.29 is 9.59 Å². The fourth-order valence-electron chi connectivity index (χ4n) is 3.36. The summed E-state index contributed by atoms with van der Waals surface area (Å²) in [4.78, 5) is 31.2. The second-order valence-corrected chi connectivity index (χ2v) is 8.98. The van der Waals surface area contributed by atoms with E-state index < -0.39 is 0 Å².